The molecule has 1 aromatic heterocycles. The zero-order chi connectivity index (χ0) is 24.7. The highest BCUT2D eigenvalue weighted by molar-refractivity contribution is 7.90. The smallest absolute Gasteiger partial charge is 0.270 e. The summed E-state index contributed by atoms with van der Waals surface area (Å²) in [6, 6.07) is 13.5. The van der Waals surface area contributed by atoms with Gasteiger partial charge in [-0.25, -0.2) is 13.1 Å². The third-order valence-corrected chi connectivity index (χ3v) is 7.63. The Labute approximate surface area is 199 Å². The van der Waals surface area contributed by atoms with E-state index >= 15 is 0 Å². The van der Waals surface area contributed by atoms with Crippen molar-refractivity contribution < 1.29 is 27.4 Å². The zero-order valence-corrected chi connectivity index (χ0v) is 20.7. The highest BCUT2D eigenvalue weighted by Gasteiger charge is 2.55. The van der Waals surface area contributed by atoms with Gasteiger partial charge in [-0.1, -0.05) is 17.7 Å². The maximum atomic E-state index is 13.8. The molecule has 1 saturated heterocycles. The lowest BCUT2D eigenvalue weighted by atomic mass is 9.84. The number of carbonyl (C=O) groups excluding carboxylic acids is 1. The summed E-state index contributed by atoms with van der Waals surface area (Å²) in [6.45, 7) is 5.62. The molecule has 3 aromatic rings. The molecule has 1 N–H and O–H groups in total. The molecule has 1 aliphatic rings. The molecule has 1 fully saturated rings. The number of sulfonamides is 1. The molecule has 1 amide bonds. The van der Waals surface area contributed by atoms with E-state index in [1.54, 1.807) is 36.4 Å². The van der Waals surface area contributed by atoms with Crippen LogP contribution in [0.1, 0.15) is 30.2 Å². The fourth-order valence-electron chi connectivity index (χ4n) is 4.34. The van der Waals surface area contributed by atoms with E-state index in [1.807, 2.05) is 26.8 Å². The number of methoxy groups -OCH3 is 2. The summed E-state index contributed by atoms with van der Waals surface area (Å²) in [5.41, 5.74) is 0.171. The lowest BCUT2D eigenvalue weighted by molar-refractivity contribution is -0.140. The molecular weight excluding hydrogens is 456 g/mol. The van der Waals surface area contributed by atoms with E-state index in [0.717, 1.165) is 11.3 Å². The molecule has 2 heterocycles. The molecule has 2 unspecified atom stereocenters. The van der Waals surface area contributed by atoms with E-state index in [-0.39, 0.29) is 17.9 Å². The second-order valence-corrected chi connectivity index (χ2v) is 10.5. The minimum absolute atomic E-state index is 0.0373. The van der Waals surface area contributed by atoms with Gasteiger partial charge in [0.1, 0.15) is 5.75 Å². The number of benzene rings is 2. The number of nitrogens with zero attached hydrogens (tertiary/aromatic N) is 1. The molecule has 2 atom stereocenters. The second-order valence-electron chi connectivity index (χ2n) is 8.86. The maximum absolute atomic E-state index is 13.8. The van der Waals surface area contributed by atoms with Crippen LogP contribution < -0.4 is 9.46 Å². The summed E-state index contributed by atoms with van der Waals surface area (Å²) in [6.07, 6.45) is 0.105. The van der Waals surface area contributed by atoms with Gasteiger partial charge < -0.3 is 14.2 Å². The van der Waals surface area contributed by atoms with E-state index in [2.05, 4.69) is 9.71 Å². The fourth-order valence-corrected chi connectivity index (χ4v) is 5.58. The number of nitrogens with one attached hydrogen (secondary N) is 1. The number of aryl methyl sites for hydroxylation is 2. The molecule has 2 aromatic carbocycles. The van der Waals surface area contributed by atoms with Crippen molar-refractivity contribution in [3.63, 3.8) is 0 Å². The van der Waals surface area contributed by atoms with E-state index in [0.29, 0.717) is 22.2 Å². The van der Waals surface area contributed by atoms with Gasteiger partial charge >= 0.3 is 0 Å². The van der Waals surface area contributed by atoms with Crippen molar-refractivity contribution in [3.8, 4) is 5.75 Å². The molecule has 34 heavy (non-hydrogen) atoms. The van der Waals surface area contributed by atoms with E-state index in [1.165, 1.54) is 20.3 Å². The molecule has 0 saturated carbocycles. The van der Waals surface area contributed by atoms with Crippen LogP contribution in [-0.2, 0) is 29.9 Å². The van der Waals surface area contributed by atoms with Crippen LogP contribution in [0.3, 0.4) is 0 Å². The summed E-state index contributed by atoms with van der Waals surface area (Å²) >= 11 is 0. The normalized spacial score (nSPS) is 22.6. The lowest BCUT2D eigenvalue weighted by Gasteiger charge is -2.30. The van der Waals surface area contributed by atoms with Crippen molar-refractivity contribution >= 4 is 26.8 Å². The summed E-state index contributed by atoms with van der Waals surface area (Å²) in [4.78, 5) is 18.1. The second kappa shape index (κ2) is 8.65. The summed E-state index contributed by atoms with van der Waals surface area (Å²) in [5.74, 6) is -0.391. The van der Waals surface area contributed by atoms with Crippen LogP contribution in [0.5, 0.6) is 5.75 Å². The van der Waals surface area contributed by atoms with Gasteiger partial charge in [-0.2, -0.15) is 0 Å². The minimum atomic E-state index is -4.26. The molecule has 0 radical (unpaired) electrons. The Kier molecular flexibility index (Phi) is 6.14. The molecular formula is C25H28N2O6S. The van der Waals surface area contributed by atoms with Crippen LogP contribution in [-0.4, -0.2) is 45.7 Å². The third kappa shape index (κ3) is 4.15. The Morgan fingerprint density at radius 3 is 2.56 bits per heavy atom. The van der Waals surface area contributed by atoms with Gasteiger partial charge in [0.25, 0.3) is 15.9 Å². The van der Waals surface area contributed by atoms with Crippen LogP contribution in [0.2, 0.25) is 0 Å². The Balaban J connectivity index is 1.81. The maximum Gasteiger partial charge on any atom is 0.270 e. The van der Waals surface area contributed by atoms with Crippen LogP contribution in [0.25, 0.3) is 10.9 Å². The largest absolute Gasteiger partial charge is 0.496 e. The Hall–Kier alpha value is -3.01. The minimum Gasteiger partial charge on any atom is -0.496 e. The van der Waals surface area contributed by atoms with Gasteiger partial charge in [-0.05, 0) is 57.2 Å². The van der Waals surface area contributed by atoms with Crippen LogP contribution in [0.4, 0.5) is 0 Å². The summed E-state index contributed by atoms with van der Waals surface area (Å²) in [5, 5.41) is 0.421. The van der Waals surface area contributed by atoms with Gasteiger partial charge in [0.15, 0.2) is 5.60 Å². The zero-order valence-electron chi connectivity index (χ0n) is 19.8. The number of rotatable bonds is 6. The van der Waals surface area contributed by atoms with Crippen LogP contribution in [0, 0.1) is 13.8 Å². The van der Waals surface area contributed by atoms with Gasteiger partial charge in [0, 0.05) is 30.2 Å². The van der Waals surface area contributed by atoms with E-state index in [9.17, 15) is 13.2 Å². The monoisotopic (exact) mass is 484 g/mol. The van der Waals surface area contributed by atoms with Crippen molar-refractivity contribution in [2.75, 3.05) is 20.8 Å². The average molecular weight is 485 g/mol. The van der Waals surface area contributed by atoms with Crippen molar-refractivity contribution in [2.45, 2.75) is 43.3 Å². The molecule has 0 spiro atoms. The van der Waals surface area contributed by atoms with Crippen molar-refractivity contribution in [3.05, 3.63) is 65.4 Å². The predicted octanol–water partition coefficient (Wildman–Crippen LogP) is 3.39. The Bertz CT molecular complexity index is 1370. The number of amides is 1. The highest BCUT2D eigenvalue weighted by atomic mass is 32.2. The third-order valence-electron chi connectivity index (χ3n) is 6.24. The summed E-state index contributed by atoms with van der Waals surface area (Å²) in [7, 11) is -1.23. The van der Waals surface area contributed by atoms with Gasteiger partial charge in [0.2, 0.25) is 0 Å². The molecule has 1 aliphatic heterocycles. The van der Waals surface area contributed by atoms with Crippen molar-refractivity contribution in [2.24, 2.45) is 0 Å². The Morgan fingerprint density at radius 2 is 1.88 bits per heavy atom. The summed E-state index contributed by atoms with van der Waals surface area (Å²) < 4.78 is 46.4. The first-order valence-electron chi connectivity index (χ1n) is 10.8. The molecule has 8 nitrogen and oxygen atoms in total. The van der Waals surface area contributed by atoms with Crippen LogP contribution >= 0.6 is 0 Å². The number of fused-ring (bicyclic) bond motifs is 1. The SMILES string of the molecule is COc1ccc(C)cc1C1(C(=O)NS(=O)(=O)c2cccc3nc(C)ccc23)CC(C)(OC)CO1. The molecule has 0 bridgehead atoms. The molecule has 4 rings (SSSR count). The molecule has 180 valence electrons. The molecule has 0 aliphatic carbocycles. The number of hydrogen-bond donors (Lipinski definition) is 1. The van der Waals surface area contributed by atoms with Crippen LogP contribution in [0.15, 0.2) is 53.4 Å². The fraction of sp³-hybridized carbons (Fsp3) is 0.360. The first kappa shape index (κ1) is 24.1. The van der Waals surface area contributed by atoms with Crippen molar-refractivity contribution in [1.82, 2.24) is 9.71 Å². The predicted molar refractivity (Wildman–Crippen MR) is 127 cm³/mol. The van der Waals surface area contributed by atoms with E-state index in [4.69, 9.17) is 14.2 Å². The standard InChI is InChI=1S/C25H28N2O6S/c1-16-9-12-21(31-4)19(13-16)25(14-24(3,32-5)15-33-25)23(28)27-34(29,30)22-8-6-7-20-18(22)11-10-17(2)26-20/h6-13H,14-15H2,1-5H3,(H,27,28). The first-order chi connectivity index (χ1) is 16.0. The van der Waals surface area contributed by atoms with Gasteiger partial charge in [-0.3, -0.25) is 9.78 Å². The topological polar surface area (TPSA) is 104 Å². The number of ether oxygens (including phenoxy) is 3. The number of carbonyl (C=O) groups is 1. The highest BCUT2D eigenvalue weighted by Crippen LogP contribution is 2.46. The Morgan fingerprint density at radius 1 is 1.12 bits per heavy atom. The first-order valence-corrected chi connectivity index (χ1v) is 12.3. The van der Waals surface area contributed by atoms with Gasteiger partial charge in [0.05, 0.1) is 29.7 Å². The quantitative estimate of drug-likeness (QED) is 0.572. The van der Waals surface area contributed by atoms with E-state index < -0.39 is 27.1 Å². The number of aromatic nitrogens is 1. The number of hydrogen-bond acceptors (Lipinski definition) is 7. The van der Waals surface area contributed by atoms with Gasteiger partial charge in [-0.15, -0.1) is 0 Å². The van der Waals surface area contributed by atoms with Crippen molar-refractivity contribution in [1.29, 1.82) is 0 Å². The number of pyridine rings is 1. The lowest BCUT2D eigenvalue weighted by Crippen LogP contribution is -2.47. The average Bonchev–Trinajstić information content (AvgIpc) is 3.17. The molecule has 9 heteroatoms.